The van der Waals surface area contributed by atoms with Gasteiger partial charge in [-0.2, -0.15) is 19.3 Å². The van der Waals surface area contributed by atoms with Crippen molar-refractivity contribution in [3.05, 3.63) is 101 Å². The summed E-state index contributed by atoms with van der Waals surface area (Å²) in [7, 11) is -2.17. The average Bonchev–Trinajstić information content (AvgIpc) is 3.35. The summed E-state index contributed by atoms with van der Waals surface area (Å²) < 4.78 is 43.9. The molecule has 0 spiro atoms. The first-order chi connectivity index (χ1) is 18.7. The average molecular weight is 543 g/mol. The largest absolute Gasteiger partial charge is 0.264 e. The highest BCUT2D eigenvalue weighted by molar-refractivity contribution is 7.89. The number of benzene rings is 3. The fourth-order valence-corrected chi connectivity index (χ4v) is 7.97. The van der Waals surface area contributed by atoms with Crippen LogP contribution in [0.25, 0.3) is 16.6 Å². The lowest BCUT2D eigenvalue weighted by atomic mass is 9.86. The molecular weight excluding hydrogens is 515 g/mol. The molecule has 1 aliphatic heterocycles. The van der Waals surface area contributed by atoms with E-state index in [-0.39, 0.29) is 28.1 Å². The molecule has 39 heavy (non-hydrogen) atoms. The molecule has 0 bridgehead atoms. The maximum atomic E-state index is 13.5. The van der Waals surface area contributed by atoms with Crippen LogP contribution in [-0.4, -0.2) is 50.6 Å². The number of hydrogen-bond donors (Lipinski definition) is 0. The Balaban J connectivity index is 1.33. The zero-order chi connectivity index (χ0) is 27.1. The lowest BCUT2D eigenvalue weighted by Gasteiger charge is -2.24. The quantitative estimate of drug-likeness (QED) is 0.331. The maximum Gasteiger partial charge on any atom is 0.264 e. The fourth-order valence-electron chi connectivity index (χ4n) is 6.56. The molecule has 1 saturated heterocycles. The molecule has 0 unspecified atom stereocenters. The first-order valence-electron chi connectivity index (χ1n) is 12.9. The van der Waals surface area contributed by atoms with Gasteiger partial charge in [0, 0.05) is 36.9 Å². The van der Waals surface area contributed by atoms with Crippen molar-refractivity contribution in [2.75, 3.05) is 13.1 Å². The van der Waals surface area contributed by atoms with E-state index in [9.17, 15) is 12.8 Å². The van der Waals surface area contributed by atoms with Crippen molar-refractivity contribution in [1.82, 2.24) is 29.1 Å². The summed E-state index contributed by atoms with van der Waals surface area (Å²) in [5.74, 6) is 0.0431. The summed E-state index contributed by atoms with van der Waals surface area (Å²) in [6.07, 6.45) is 3.13. The van der Waals surface area contributed by atoms with Crippen molar-refractivity contribution in [2.24, 2.45) is 13.0 Å². The van der Waals surface area contributed by atoms with Gasteiger partial charge in [-0.05, 0) is 72.9 Å². The summed E-state index contributed by atoms with van der Waals surface area (Å²) in [4.78, 5) is 1.27. The molecule has 2 aliphatic rings. The van der Waals surface area contributed by atoms with Crippen LogP contribution in [0, 0.1) is 25.6 Å². The van der Waals surface area contributed by atoms with E-state index in [4.69, 9.17) is 0 Å². The van der Waals surface area contributed by atoms with E-state index in [1.54, 1.807) is 23.5 Å². The Morgan fingerprint density at radius 1 is 0.974 bits per heavy atom. The van der Waals surface area contributed by atoms with Crippen molar-refractivity contribution in [2.45, 2.75) is 30.2 Å². The van der Waals surface area contributed by atoms with Gasteiger partial charge in [0.2, 0.25) is 5.03 Å². The SMILES string of the molecule is Cc1ccc([C@H]2[C@H]3CN(S(=O)(=O)c4cnn(C)n4)C[C@]32c2cc3cnn(-c4ccc(F)cc4)c3cc2C)cc1. The van der Waals surface area contributed by atoms with Gasteiger partial charge in [-0.15, -0.1) is 5.10 Å². The van der Waals surface area contributed by atoms with E-state index < -0.39 is 10.0 Å². The fraction of sp³-hybridized carbons (Fsp3) is 0.276. The highest BCUT2D eigenvalue weighted by Gasteiger charge is 2.71. The number of hydrogen-bond acceptors (Lipinski definition) is 5. The van der Waals surface area contributed by atoms with Crippen molar-refractivity contribution < 1.29 is 12.8 Å². The number of aryl methyl sites for hydroxylation is 3. The number of halogens is 1. The first-order valence-corrected chi connectivity index (χ1v) is 14.3. The van der Waals surface area contributed by atoms with E-state index in [1.807, 2.05) is 10.9 Å². The molecule has 3 aromatic carbocycles. The Labute approximate surface area is 225 Å². The minimum Gasteiger partial charge on any atom is -0.233 e. The van der Waals surface area contributed by atoms with E-state index in [2.05, 4.69) is 65.5 Å². The molecule has 1 aliphatic carbocycles. The second-order valence-electron chi connectivity index (χ2n) is 10.8. The second-order valence-corrected chi connectivity index (χ2v) is 12.6. The zero-order valence-electron chi connectivity index (χ0n) is 21.8. The Kier molecular flexibility index (Phi) is 5.15. The van der Waals surface area contributed by atoms with Crippen molar-refractivity contribution >= 4 is 20.9 Å². The number of fused-ring (bicyclic) bond motifs is 2. The first kappa shape index (κ1) is 24.2. The van der Waals surface area contributed by atoms with Crippen LogP contribution < -0.4 is 0 Å². The van der Waals surface area contributed by atoms with Crippen LogP contribution in [0.4, 0.5) is 4.39 Å². The number of nitrogens with zero attached hydrogens (tertiary/aromatic N) is 6. The lowest BCUT2D eigenvalue weighted by Crippen LogP contribution is -2.35. The number of piperidine rings is 1. The van der Waals surface area contributed by atoms with E-state index in [1.165, 1.54) is 34.3 Å². The molecule has 198 valence electrons. The van der Waals surface area contributed by atoms with Gasteiger partial charge >= 0.3 is 0 Å². The van der Waals surface area contributed by atoms with Gasteiger partial charge in [-0.25, -0.2) is 17.5 Å². The molecule has 8 nitrogen and oxygen atoms in total. The van der Waals surface area contributed by atoms with Crippen molar-refractivity contribution in [3.8, 4) is 5.69 Å². The third kappa shape index (κ3) is 3.58. The van der Waals surface area contributed by atoms with Crippen LogP contribution in [-0.2, 0) is 22.5 Å². The number of rotatable bonds is 5. The summed E-state index contributed by atoms with van der Waals surface area (Å²) >= 11 is 0. The lowest BCUT2D eigenvalue weighted by molar-refractivity contribution is 0.418. The Morgan fingerprint density at radius 2 is 1.72 bits per heavy atom. The maximum absolute atomic E-state index is 13.5. The van der Waals surface area contributed by atoms with Crippen LogP contribution in [0.2, 0.25) is 0 Å². The van der Waals surface area contributed by atoms with Gasteiger partial charge in [-0.3, -0.25) is 0 Å². The van der Waals surface area contributed by atoms with Crippen LogP contribution >= 0.6 is 0 Å². The van der Waals surface area contributed by atoms with Gasteiger partial charge in [0.25, 0.3) is 10.0 Å². The predicted octanol–water partition coefficient (Wildman–Crippen LogP) is 4.27. The predicted molar refractivity (Wildman–Crippen MR) is 145 cm³/mol. The smallest absolute Gasteiger partial charge is 0.233 e. The normalized spacial score (nSPS) is 22.9. The third-order valence-electron chi connectivity index (χ3n) is 8.45. The van der Waals surface area contributed by atoms with Gasteiger partial charge in [0.1, 0.15) is 5.82 Å². The Morgan fingerprint density at radius 3 is 2.41 bits per heavy atom. The molecule has 2 aromatic heterocycles. The van der Waals surface area contributed by atoms with Gasteiger partial charge in [0.05, 0.1) is 23.6 Å². The molecule has 2 fully saturated rings. The van der Waals surface area contributed by atoms with E-state index in [0.717, 1.165) is 27.7 Å². The molecular formula is C29H27FN6O2S. The van der Waals surface area contributed by atoms with Crippen LogP contribution in [0.5, 0.6) is 0 Å². The molecule has 5 aromatic rings. The second kappa shape index (κ2) is 8.30. The van der Waals surface area contributed by atoms with Crippen LogP contribution in [0.1, 0.15) is 28.2 Å². The molecule has 1 saturated carbocycles. The Hall–Kier alpha value is -3.89. The molecule has 10 heteroatoms. The molecule has 0 N–H and O–H groups in total. The summed E-state index contributed by atoms with van der Waals surface area (Å²) in [5, 5.41) is 13.6. The highest BCUT2D eigenvalue weighted by Crippen LogP contribution is 2.70. The standard InChI is InChI=1S/C29H27FN6O2S/c1-18-4-6-20(7-5-18)28-25-16-35(39(37,38)27-15-31-34(3)33-27)17-29(25,28)24-13-21-14-32-36(26(21)12-19(24)2)23-10-8-22(30)9-11-23/h4-15,25,28H,16-17H2,1-3H3/t25-,28+,29+/m1/s1. The van der Waals surface area contributed by atoms with Crippen molar-refractivity contribution in [3.63, 3.8) is 0 Å². The zero-order valence-corrected chi connectivity index (χ0v) is 22.6. The van der Waals surface area contributed by atoms with Gasteiger partial charge in [0.15, 0.2) is 0 Å². The van der Waals surface area contributed by atoms with Crippen LogP contribution in [0.3, 0.4) is 0 Å². The van der Waals surface area contributed by atoms with Crippen LogP contribution in [0.15, 0.2) is 78.1 Å². The van der Waals surface area contributed by atoms with E-state index in [0.29, 0.717) is 13.1 Å². The molecule has 0 amide bonds. The molecule has 0 radical (unpaired) electrons. The van der Waals surface area contributed by atoms with Gasteiger partial charge in [-0.1, -0.05) is 29.8 Å². The van der Waals surface area contributed by atoms with Crippen molar-refractivity contribution in [1.29, 1.82) is 0 Å². The Bertz CT molecular complexity index is 1850. The summed E-state index contributed by atoms with van der Waals surface area (Å²) in [6, 6.07) is 19.1. The molecule has 3 heterocycles. The minimum absolute atomic E-state index is 0.0268. The van der Waals surface area contributed by atoms with E-state index >= 15 is 0 Å². The minimum atomic E-state index is -3.78. The topological polar surface area (TPSA) is 85.9 Å². The number of aromatic nitrogens is 5. The number of sulfonamides is 1. The molecule has 3 atom stereocenters. The van der Waals surface area contributed by atoms with Gasteiger partial charge < -0.3 is 0 Å². The molecule has 7 rings (SSSR count). The highest BCUT2D eigenvalue weighted by atomic mass is 32.2. The summed E-state index contributed by atoms with van der Waals surface area (Å²) in [5.41, 5.74) is 5.97. The monoisotopic (exact) mass is 542 g/mol. The summed E-state index contributed by atoms with van der Waals surface area (Å²) in [6.45, 7) is 4.93. The third-order valence-corrected chi connectivity index (χ3v) is 10.1.